The second-order valence-electron chi connectivity index (χ2n) is 7.91. The fourth-order valence-corrected chi connectivity index (χ4v) is 4.06. The van der Waals surface area contributed by atoms with Crippen LogP contribution in [0.2, 0.25) is 0 Å². The summed E-state index contributed by atoms with van der Waals surface area (Å²) in [7, 11) is 1.72. The number of ether oxygens (including phenoxy) is 2. The van der Waals surface area contributed by atoms with Crippen molar-refractivity contribution in [2.24, 2.45) is 4.99 Å². The zero-order valence-corrected chi connectivity index (χ0v) is 18.4. The summed E-state index contributed by atoms with van der Waals surface area (Å²) in [5.74, 6) is 0.928. The lowest BCUT2D eigenvalue weighted by Gasteiger charge is -2.34. The number of carbonyl (C=O) groups is 1. The predicted molar refractivity (Wildman–Crippen MR) is 119 cm³/mol. The largest absolute Gasteiger partial charge is 0.385 e. The third-order valence-corrected chi connectivity index (χ3v) is 5.77. The van der Waals surface area contributed by atoms with E-state index < -0.39 is 0 Å². The van der Waals surface area contributed by atoms with Crippen LogP contribution in [0.1, 0.15) is 37.3 Å². The molecule has 0 unspecified atom stereocenters. The number of rotatable bonds is 8. The van der Waals surface area contributed by atoms with Crippen LogP contribution in [0, 0.1) is 0 Å². The Balaban J connectivity index is 1.48. The molecule has 0 aromatic heterocycles. The Kier molecular flexibility index (Phi) is 8.96. The van der Waals surface area contributed by atoms with Gasteiger partial charge in [0.05, 0.1) is 6.10 Å². The second kappa shape index (κ2) is 11.9. The van der Waals surface area contributed by atoms with Gasteiger partial charge in [0.25, 0.3) is 0 Å². The Morgan fingerprint density at radius 3 is 2.63 bits per heavy atom. The molecule has 2 heterocycles. The molecule has 0 aliphatic carbocycles. The number of fused-ring (bicyclic) bond motifs is 1. The molecule has 0 atom stereocenters. The normalized spacial score (nSPS) is 17.7. The lowest BCUT2D eigenvalue weighted by Crippen LogP contribution is -2.47. The predicted octanol–water partition coefficient (Wildman–Crippen LogP) is 2.05. The summed E-state index contributed by atoms with van der Waals surface area (Å²) in [6, 6.07) is 8.38. The number of benzene rings is 1. The summed E-state index contributed by atoms with van der Waals surface area (Å²) >= 11 is 0. The molecule has 2 aliphatic heterocycles. The number of guanidine groups is 1. The van der Waals surface area contributed by atoms with E-state index in [-0.39, 0.29) is 12.5 Å². The van der Waals surface area contributed by atoms with E-state index in [1.165, 1.54) is 11.1 Å². The monoisotopic (exact) mass is 416 g/mol. The molecular formula is C23H36N4O3. The molecule has 1 aromatic carbocycles. The van der Waals surface area contributed by atoms with Crippen molar-refractivity contribution >= 4 is 11.9 Å². The minimum absolute atomic E-state index is 0.0938. The topological polar surface area (TPSA) is 66.4 Å². The molecule has 1 aromatic rings. The van der Waals surface area contributed by atoms with Crippen LogP contribution >= 0.6 is 0 Å². The van der Waals surface area contributed by atoms with Gasteiger partial charge < -0.3 is 24.6 Å². The van der Waals surface area contributed by atoms with E-state index in [0.29, 0.717) is 12.6 Å². The number of methoxy groups -OCH3 is 1. The first-order valence-corrected chi connectivity index (χ1v) is 11.2. The fraction of sp³-hybridized carbons (Fsp3) is 0.652. The number of likely N-dealkylation sites (tertiary alicyclic amines) is 1. The molecule has 30 heavy (non-hydrogen) atoms. The quantitative estimate of drug-likeness (QED) is 0.399. The molecule has 0 spiro atoms. The van der Waals surface area contributed by atoms with E-state index in [2.05, 4.69) is 40.3 Å². The third-order valence-electron chi connectivity index (χ3n) is 5.77. The molecule has 1 fully saturated rings. The van der Waals surface area contributed by atoms with E-state index >= 15 is 0 Å². The first-order valence-electron chi connectivity index (χ1n) is 11.2. The molecule has 0 radical (unpaired) electrons. The van der Waals surface area contributed by atoms with Crippen LogP contribution in [0.25, 0.3) is 0 Å². The van der Waals surface area contributed by atoms with Crippen molar-refractivity contribution in [1.29, 1.82) is 0 Å². The highest BCUT2D eigenvalue weighted by molar-refractivity contribution is 5.85. The number of hydrogen-bond donors (Lipinski definition) is 1. The Bertz CT molecular complexity index is 701. The van der Waals surface area contributed by atoms with Crippen molar-refractivity contribution in [3.63, 3.8) is 0 Å². The van der Waals surface area contributed by atoms with Gasteiger partial charge in [0, 0.05) is 53.0 Å². The van der Waals surface area contributed by atoms with E-state index in [1.54, 1.807) is 7.11 Å². The minimum Gasteiger partial charge on any atom is -0.385 e. The molecule has 0 bridgehead atoms. The number of hydrogen-bond acceptors (Lipinski definition) is 4. The van der Waals surface area contributed by atoms with Crippen LogP contribution in [0.4, 0.5) is 0 Å². The minimum atomic E-state index is 0.0938. The number of carbonyl (C=O) groups excluding carboxylic acids is 1. The zero-order valence-electron chi connectivity index (χ0n) is 18.4. The van der Waals surface area contributed by atoms with Gasteiger partial charge in [-0.25, -0.2) is 4.99 Å². The van der Waals surface area contributed by atoms with Crippen molar-refractivity contribution in [1.82, 2.24) is 15.1 Å². The standard InChI is InChI=1S/C23H36N4O3/c1-3-24-23(26-13-10-21(11-14-26)30-16-6-15-29-2)25-17-22(28)27-12-9-19-7-4-5-8-20(19)18-27/h4-5,7-8,21H,3,6,9-18H2,1-2H3,(H,24,25). The van der Waals surface area contributed by atoms with Gasteiger partial charge in [-0.2, -0.15) is 0 Å². The molecular weight excluding hydrogens is 380 g/mol. The molecule has 2 aliphatic rings. The molecule has 7 heteroatoms. The smallest absolute Gasteiger partial charge is 0.244 e. The second-order valence-corrected chi connectivity index (χ2v) is 7.91. The van der Waals surface area contributed by atoms with Crippen molar-refractivity contribution in [2.45, 2.75) is 45.3 Å². The van der Waals surface area contributed by atoms with E-state index in [1.807, 2.05) is 11.0 Å². The summed E-state index contributed by atoms with van der Waals surface area (Å²) in [5.41, 5.74) is 2.60. The van der Waals surface area contributed by atoms with Gasteiger partial charge in [-0.15, -0.1) is 0 Å². The van der Waals surface area contributed by atoms with E-state index in [0.717, 1.165) is 71.0 Å². The number of nitrogens with zero attached hydrogens (tertiary/aromatic N) is 3. The summed E-state index contributed by atoms with van der Waals surface area (Å²) in [6.07, 6.45) is 4.12. The van der Waals surface area contributed by atoms with Crippen LogP contribution in [0.3, 0.4) is 0 Å². The Morgan fingerprint density at radius 1 is 1.13 bits per heavy atom. The highest BCUT2D eigenvalue weighted by Crippen LogP contribution is 2.19. The first-order chi connectivity index (χ1) is 14.7. The van der Waals surface area contributed by atoms with Crippen LogP contribution in [0.5, 0.6) is 0 Å². The van der Waals surface area contributed by atoms with Gasteiger partial charge in [-0.05, 0) is 43.7 Å². The van der Waals surface area contributed by atoms with E-state index in [4.69, 9.17) is 9.47 Å². The maximum atomic E-state index is 12.8. The summed E-state index contributed by atoms with van der Waals surface area (Å²) in [6.45, 7) is 7.78. The van der Waals surface area contributed by atoms with Crippen molar-refractivity contribution in [3.8, 4) is 0 Å². The summed E-state index contributed by atoms with van der Waals surface area (Å²) in [5, 5.41) is 3.35. The number of aliphatic imine (C=N–C) groups is 1. The Hall–Kier alpha value is -2.12. The Labute approximate surface area is 180 Å². The molecule has 1 N–H and O–H groups in total. The van der Waals surface area contributed by atoms with Gasteiger partial charge in [-0.1, -0.05) is 24.3 Å². The van der Waals surface area contributed by atoms with Gasteiger partial charge in [0.15, 0.2) is 5.96 Å². The first kappa shape index (κ1) is 22.6. The third kappa shape index (κ3) is 6.44. The molecule has 3 rings (SSSR count). The Morgan fingerprint density at radius 2 is 1.90 bits per heavy atom. The maximum Gasteiger partial charge on any atom is 0.244 e. The summed E-state index contributed by atoms with van der Waals surface area (Å²) < 4.78 is 11.0. The average Bonchev–Trinajstić information content (AvgIpc) is 2.79. The van der Waals surface area contributed by atoms with Crippen LogP contribution < -0.4 is 5.32 Å². The summed E-state index contributed by atoms with van der Waals surface area (Å²) in [4.78, 5) is 21.6. The molecule has 0 saturated carbocycles. The van der Waals surface area contributed by atoms with Gasteiger partial charge >= 0.3 is 0 Å². The highest BCUT2D eigenvalue weighted by atomic mass is 16.5. The van der Waals surface area contributed by atoms with Gasteiger partial charge in [0.1, 0.15) is 6.54 Å². The van der Waals surface area contributed by atoms with Crippen LogP contribution in [0.15, 0.2) is 29.3 Å². The molecule has 7 nitrogen and oxygen atoms in total. The van der Waals surface area contributed by atoms with Crippen LogP contribution in [-0.4, -0.2) is 80.8 Å². The van der Waals surface area contributed by atoms with Crippen molar-refractivity contribution in [2.75, 3.05) is 53.0 Å². The van der Waals surface area contributed by atoms with E-state index in [9.17, 15) is 4.79 Å². The SMILES string of the molecule is CCNC(=NCC(=O)N1CCc2ccccc2C1)N1CCC(OCCCOC)CC1. The zero-order chi connectivity index (χ0) is 21.2. The fourth-order valence-electron chi connectivity index (χ4n) is 4.06. The number of piperidine rings is 1. The lowest BCUT2D eigenvalue weighted by atomic mass is 10.00. The molecule has 1 saturated heterocycles. The maximum absolute atomic E-state index is 12.8. The number of amides is 1. The van der Waals surface area contributed by atoms with Gasteiger partial charge in [0.2, 0.25) is 5.91 Å². The van der Waals surface area contributed by atoms with Crippen molar-refractivity contribution < 1.29 is 14.3 Å². The molecule has 1 amide bonds. The van der Waals surface area contributed by atoms with Crippen LogP contribution in [-0.2, 0) is 27.2 Å². The lowest BCUT2D eigenvalue weighted by molar-refractivity contribution is -0.130. The van der Waals surface area contributed by atoms with Crippen molar-refractivity contribution in [3.05, 3.63) is 35.4 Å². The highest BCUT2D eigenvalue weighted by Gasteiger charge is 2.23. The average molecular weight is 417 g/mol. The molecule has 166 valence electrons. The van der Waals surface area contributed by atoms with Gasteiger partial charge in [-0.3, -0.25) is 4.79 Å². The number of nitrogens with one attached hydrogen (secondary N) is 1.